The SMILES string of the molecule is NNc1cc(Nc2cccc3ccncc23)nc(N)n1. The van der Waals surface area contributed by atoms with Gasteiger partial charge in [0.2, 0.25) is 5.95 Å². The van der Waals surface area contributed by atoms with Crippen molar-refractivity contribution in [3.63, 3.8) is 0 Å². The average Bonchev–Trinajstić information content (AvgIpc) is 2.47. The maximum atomic E-state index is 5.63. The second kappa shape index (κ2) is 4.98. The summed E-state index contributed by atoms with van der Waals surface area (Å²) in [6.07, 6.45) is 3.55. The normalized spacial score (nSPS) is 10.4. The number of hydrogen-bond acceptors (Lipinski definition) is 7. The number of rotatable bonds is 3. The van der Waals surface area contributed by atoms with Gasteiger partial charge in [0.25, 0.3) is 0 Å². The van der Waals surface area contributed by atoms with Gasteiger partial charge in [-0.25, -0.2) is 5.84 Å². The minimum absolute atomic E-state index is 0.140. The highest BCUT2D eigenvalue weighted by molar-refractivity contribution is 5.94. The Hall–Kier alpha value is -2.93. The first-order valence-corrected chi connectivity index (χ1v) is 5.97. The summed E-state index contributed by atoms with van der Waals surface area (Å²) < 4.78 is 0. The molecule has 0 unspecified atom stereocenters. The van der Waals surface area contributed by atoms with Gasteiger partial charge >= 0.3 is 0 Å². The van der Waals surface area contributed by atoms with Crippen LogP contribution in [0.3, 0.4) is 0 Å². The number of fused-ring (bicyclic) bond motifs is 1. The summed E-state index contributed by atoms with van der Waals surface area (Å²) in [5, 5.41) is 5.28. The lowest BCUT2D eigenvalue weighted by Gasteiger charge is -2.10. The van der Waals surface area contributed by atoms with E-state index < -0.39 is 0 Å². The fourth-order valence-electron chi connectivity index (χ4n) is 1.96. The second-order valence-electron chi connectivity index (χ2n) is 4.17. The van der Waals surface area contributed by atoms with E-state index in [1.807, 2.05) is 24.3 Å². The number of anilines is 4. The molecule has 0 radical (unpaired) electrons. The van der Waals surface area contributed by atoms with Gasteiger partial charge in [0.15, 0.2) is 0 Å². The average molecular weight is 267 g/mol. The van der Waals surface area contributed by atoms with Crippen molar-refractivity contribution in [3.8, 4) is 0 Å². The molecule has 2 heterocycles. The number of hydrogen-bond donors (Lipinski definition) is 4. The minimum atomic E-state index is 0.140. The van der Waals surface area contributed by atoms with Crippen molar-refractivity contribution in [3.05, 3.63) is 42.7 Å². The molecule has 0 fully saturated rings. The van der Waals surface area contributed by atoms with E-state index in [0.29, 0.717) is 11.6 Å². The molecule has 6 N–H and O–H groups in total. The van der Waals surface area contributed by atoms with Crippen LogP contribution in [0.25, 0.3) is 10.8 Å². The largest absolute Gasteiger partial charge is 0.368 e. The van der Waals surface area contributed by atoms with Crippen LogP contribution in [-0.2, 0) is 0 Å². The molecule has 0 atom stereocenters. The van der Waals surface area contributed by atoms with Crippen LogP contribution in [0, 0.1) is 0 Å². The molecule has 100 valence electrons. The Morgan fingerprint density at radius 2 is 1.90 bits per heavy atom. The number of nitrogens with two attached hydrogens (primary N) is 2. The highest BCUT2D eigenvalue weighted by Gasteiger charge is 2.05. The fraction of sp³-hybridized carbons (Fsp3) is 0. The second-order valence-corrected chi connectivity index (χ2v) is 4.17. The first kappa shape index (κ1) is 12.1. The van der Waals surface area contributed by atoms with Crippen molar-refractivity contribution < 1.29 is 0 Å². The molecule has 7 heteroatoms. The van der Waals surface area contributed by atoms with Crippen LogP contribution in [0.15, 0.2) is 42.7 Å². The van der Waals surface area contributed by atoms with Gasteiger partial charge in [0, 0.05) is 29.5 Å². The Morgan fingerprint density at radius 1 is 1.05 bits per heavy atom. The third kappa shape index (κ3) is 2.29. The molecule has 3 aromatic rings. The van der Waals surface area contributed by atoms with E-state index in [4.69, 9.17) is 11.6 Å². The van der Waals surface area contributed by atoms with Gasteiger partial charge in [-0.15, -0.1) is 0 Å². The lowest BCUT2D eigenvalue weighted by Crippen LogP contribution is -2.11. The Balaban J connectivity index is 2.03. The first-order chi connectivity index (χ1) is 9.76. The van der Waals surface area contributed by atoms with E-state index in [-0.39, 0.29) is 5.95 Å². The van der Waals surface area contributed by atoms with Crippen molar-refractivity contribution in [2.45, 2.75) is 0 Å². The van der Waals surface area contributed by atoms with Gasteiger partial charge in [-0.3, -0.25) is 4.98 Å². The molecule has 0 aliphatic rings. The summed E-state index contributed by atoms with van der Waals surface area (Å²) in [7, 11) is 0. The quantitative estimate of drug-likeness (QED) is 0.421. The number of benzene rings is 1. The van der Waals surface area contributed by atoms with Crippen LogP contribution >= 0.6 is 0 Å². The molecule has 0 saturated heterocycles. The van der Waals surface area contributed by atoms with E-state index in [2.05, 4.69) is 25.7 Å². The van der Waals surface area contributed by atoms with E-state index >= 15 is 0 Å². The van der Waals surface area contributed by atoms with Crippen LogP contribution in [0.5, 0.6) is 0 Å². The number of pyridine rings is 1. The van der Waals surface area contributed by atoms with Crippen molar-refractivity contribution in [2.24, 2.45) is 5.84 Å². The summed E-state index contributed by atoms with van der Waals surface area (Å²) in [6, 6.07) is 9.53. The molecule has 20 heavy (non-hydrogen) atoms. The summed E-state index contributed by atoms with van der Waals surface area (Å²) in [4.78, 5) is 12.2. The van der Waals surface area contributed by atoms with Crippen molar-refractivity contribution >= 4 is 34.0 Å². The van der Waals surface area contributed by atoms with Gasteiger partial charge < -0.3 is 16.5 Å². The van der Waals surface area contributed by atoms with Gasteiger partial charge in [-0.05, 0) is 17.5 Å². The zero-order valence-corrected chi connectivity index (χ0v) is 10.5. The Kier molecular flexibility index (Phi) is 3.02. The van der Waals surface area contributed by atoms with E-state index in [1.54, 1.807) is 18.5 Å². The van der Waals surface area contributed by atoms with Gasteiger partial charge in [0.05, 0.1) is 0 Å². The standard InChI is InChI=1S/C13H13N7/c14-13-18-11(6-12(19-13)20-15)17-10-3-1-2-8-4-5-16-7-9(8)10/h1-7H,15H2,(H4,14,17,18,19,20). The van der Waals surface area contributed by atoms with Crippen LogP contribution in [0.4, 0.5) is 23.3 Å². The van der Waals surface area contributed by atoms with Crippen LogP contribution in [-0.4, -0.2) is 15.0 Å². The summed E-state index contributed by atoms with van der Waals surface area (Å²) in [5.74, 6) is 6.48. The number of nitrogens with one attached hydrogen (secondary N) is 2. The van der Waals surface area contributed by atoms with Crippen LogP contribution in [0.2, 0.25) is 0 Å². The number of nitrogens with zero attached hydrogens (tertiary/aromatic N) is 3. The van der Waals surface area contributed by atoms with Crippen molar-refractivity contribution in [1.29, 1.82) is 0 Å². The minimum Gasteiger partial charge on any atom is -0.368 e. The number of nitrogen functional groups attached to an aromatic ring is 2. The maximum absolute atomic E-state index is 5.63. The predicted octanol–water partition coefficient (Wildman–Crippen LogP) is 1.64. The molecule has 0 aliphatic carbocycles. The molecule has 3 rings (SSSR count). The fourth-order valence-corrected chi connectivity index (χ4v) is 1.96. The van der Waals surface area contributed by atoms with E-state index in [0.717, 1.165) is 16.5 Å². The molecule has 7 nitrogen and oxygen atoms in total. The first-order valence-electron chi connectivity index (χ1n) is 5.97. The number of aromatic nitrogens is 3. The van der Waals surface area contributed by atoms with Crippen molar-refractivity contribution in [1.82, 2.24) is 15.0 Å². The van der Waals surface area contributed by atoms with Crippen LogP contribution < -0.4 is 22.3 Å². The molecule has 0 saturated carbocycles. The zero-order valence-electron chi connectivity index (χ0n) is 10.5. The lowest BCUT2D eigenvalue weighted by atomic mass is 10.1. The molecule has 0 bridgehead atoms. The smallest absolute Gasteiger partial charge is 0.223 e. The van der Waals surface area contributed by atoms with Gasteiger partial charge in [-0.1, -0.05) is 12.1 Å². The summed E-state index contributed by atoms with van der Waals surface area (Å²) in [5.41, 5.74) is 8.96. The van der Waals surface area contributed by atoms with E-state index in [1.165, 1.54) is 0 Å². The van der Waals surface area contributed by atoms with E-state index in [9.17, 15) is 0 Å². The maximum Gasteiger partial charge on any atom is 0.223 e. The van der Waals surface area contributed by atoms with Crippen LogP contribution in [0.1, 0.15) is 0 Å². The zero-order chi connectivity index (χ0) is 13.9. The molecule has 0 aliphatic heterocycles. The number of hydrazine groups is 1. The summed E-state index contributed by atoms with van der Waals surface area (Å²) in [6.45, 7) is 0. The Labute approximate surface area is 115 Å². The van der Waals surface area contributed by atoms with Gasteiger partial charge in [0.1, 0.15) is 11.6 Å². The Bertz CT molecular complexity index is 751. The third-order valence-electron chi connectivity index (χ3n) is 2.84. The van der Waals surface area contributed by atoms with Gasteiger partial charge in [-0.2, -0.15) is 9.97 Å². The third-order valence-corrected chi connectivity index (χ3v) is 2.84. The monoisotopic (exact) mass is 267 g/mol. The topological polar surface area (TPSA) is 115 Å². The Morgan fingerprint density at radius 3 is 2.75 bits per heavy atom. The molecular weight excluding hydrogens is 254 g/mol. The highest BCUT2D eigenvalue weighted by Crippen LogP contribution is 2.25. The molecule has 1 aromatic carbocycles. The van der Waals surface area contributed by atoms with Crippen molar-refractivity contribution in [2.75, 3.05) is 16.5 Å². The summed E-state index contributed by atoms with van der Waals surface area (Å²) >= 11 is 0. The molecule has 0 amide bonds. The molecule has 0 spiro atoms. The molecule has 2 aromatic heterocycles. The lowest BCUT2D eigenvalue weighted by molar-refractivity contribution is 1.15. The predicted molar refractivity (Wildman–Crippen MR) is 79.3 cm³/mol. The highest BCUT2D eigenvalue weighted by atomic mass is 15.3. The molecular formula is C13H13N7.